The van der Waals surface area contributed by atoms with E-state index < -0.39 is 0 Å². The maximum absolute atomic E-state index is 5.41. The minimum atomic E-state index is 0.473. The quantitative estimate of drug-likeness (QED) is 0.561. The Morgan fingerprint density at radius 1 is 1.13 bits per heavy atom. The Morgan fingerprint density at radius 2 is 2.04 bits per heavy atom. The Kier molecular flexibility index (Phi) is 3.31. The van der Waals surface area contributed by atoms with Crippen LogP contribution in [0.1, 0.15) is 5.56 Å². The minimum Gasteiger partial charge on any atom is -0.480 e. The topological polar surface area (TPSA) is 61.0 Å². The summed E-state index contributed by atoms with van der Waals surface area (Å²) in [7, 11) is 1.59. The second-order valence-corrected chi connectivity index (χ2v) is 6.09. The van der Waals surface area contributed by atoms with Crippen molar-refractivity contribution in [3.05, 3.63) is 47.3 Å². The summed E-state index contributed by atoms with van der Waals surface area (Å²) in [5, 5.41) is 7.07. The molecule has 5 nitrogen and oxygen atoms in total. The fraction of sp³-hybridized carbons (Fsp3) is 0.118. The van der Waals surface area contributed by atoms with Gasteiger partial charge in [-0.3, -0.25) is 0 Å². The van der Waals surface area contributed by atoms with E-state index in [4.69, 9.17) is 9.26 Å². The van der Waals surface area contributed by atoms with Crippen molar-refractivity contribution in [3.8, 4) is 28.0 Å². The van der Waals surface area contributed by atoms with Gasteiger partial charge in [0.25, 0.3) is 5.89 Å². The summed E-state index contributed by atoms with van der Waals surface area (Å²) in [6.45, 7) is 2.05. The highest BCUT2D eigenvalue weighted by Gasteiger charge is 2.17. The number of hydrogen-bond donors (Lipinski definition) is 0. The molecule has 3 aromatic heterocycles. The van der Waals surface area contributed by atoms with Crippen LogP contribution in [-0.4, -0.2) is 22.2 Å². The monoisotopic (exact) mass is 323 g/mol. The van der Waals surface area contributed by atoms with E-state index >= 15 is 0 Å². The van der Waals surface area contributed by atoms with Crippen LogP contribution in [0.15, 0.2) is 46.3 Å². The maximum Gasteiger partial charge on any atom is 0.268 e. The van der Waals surface area contributed by atoms with Gasteiger partial charge in [0, 0.05) is 5.39 Å². The number of methoxy groups -OCH3 is 1. The van der Waals surface area contributed by atoms with Gasteiger partial charge in [0.2, 0.25) is 11.7 Å². The average Bonchev–Trinajstić information content (AvgIpc) is 3.24. The molecule has 0 aliphatic rings. The van der Waals surface area contributed by atoms with Crippen LogP contribution >= 0.6 is 11.3 Å². The summed E-state index contributed by atoms with van der Waals surface area (Å²) in [5.41, 5.74) is 2.76. The van der Waals surface area contributed by atoms with Crippen molar-refractivity contribution in [1.29, 1.82) is 0 Å². The Hall–Kier alpha value is -2.73. The molecule has 0 fully saturated rings. The number of pyridine rings is 1. The molecule has 23 heavy (non-hydrogen) atoms. The first kappa shape index (κ1) is 13.9. The SMILES string of the molecule is COc1nc2ccc(C)cc2cc1-c1noc(-c2cccs2)n1. The first-order valence-electron chi connectivity index (χ1n) is 7.08. The average molecular weight is 323 g/mol. The van der Waals surface area contributed by atoms with Gasteiger partial charge >= 0.3 is 0 Å². The lowest BCUT2D eigenvalue weighted by Crippen LogP contribution is -1.94. The van der Waals surface area contributed by atoms with Gasteiger partial charge in [-0.25, -0.2) is 4.98 Å². The molecule has 0 unspecified atom stereocenters. The van der Waals surface area contributed by atoms with E-state index in [-0.39, 0.29) is 0 Å². The van der Waals surface area contributed by atoms with Gasteiger partial charge in [0.1, 0.15) is 0 Å². The Labute approximate surface area is 136 Å². The van der Waals surface area contributed by atoms with Crippen molar-refractivity contribution < 1.29 is 9.26 Å². The molecular weight excluding hydrogens is 310 g/mol. The van der Waals surface area contributed by atoms with E-state index in [0.717, 1.165) is 21.3 Å². The number of thiophene rings is 1. The number of ether oxygens (including phenoxy) is 1. The van der Waals surface area contributed by atoms with E-state index in [1.807, 2.05) is 42.6 Å². The second-order valence-electron chi connectivity index (χ2n) is 5.14. The third-order valence-corrected chi connectivity index (χ3v) is 4.39. The van der Waals surface area contributed by atoms with Crippen molar-refractivity contribution in [2.45, 2.75) is 6.92 Å². The van der Waals surface area contributed by atoms with Crippen molar-refractivity contribution >= 4 is 22.2 Å². The first-order valence-corrected chi connectivity index (χ1v) is 7.96. The van der Waals surface area contributed by atoms with Gasteiger partial charge in [-0.15, -0.1) is 11.3 Å². The second kappa shape index (κ2) is 5.48. The summed E-state index contributed by atoms with van der Waals surface area (Å²) in [6.07, 6.45) is 0. The Balaban J connectivity index is 1.87. The van der Waals surface area contributed by atoms with E-state index in [1.165, 1.54) is 5.56 Å². The predicted molar refractivity (Wildman–Crippen MR) is 89.6 cm³/mol. The highest BCUT2D eigenvalue weighted by atomic mass is 32.1. The predicted octanol–water partition coefficient (Wildman–Crippen LogP) is 4.33. The Morgan fingerprint density at radius 3 is 2.83 bits per heavy atom. The maximum atomic E-state index is 5.41. The van der Waals surface area contributed by atoms with Gasteiger partial charge in [-0.05, 0) is 36.6 Å². The van der Waals surface area contributed by atoms with Gasteiger partial charge in [-0.1, -0.05) is 22.9 Å². The highest BCUT2D eigenvalue weighted by molar-refractivity contribution is 7.13. The van der Waals surface area contributed by atoms with E-state index in [0.29, 0.717) is 17.6 Å². The lowest BCUT2D eigenvalue weighted by atomic mass is 10.1. The number of aromatic nitrogens is 3. The molecule has 4 rings (SSSR count). The molecule has 1 aromatic carbocycles. The third kappa shape index (κ3) is 2.47. The molecule has 0 atom stereocenters. The Bertz CT molecular complexity index is 977. The van der Waals surface area contributed by atoms with Crippen molar-refractivity contribution in [3.63, 3.8) is 0 Å². The zero-order valence-corrected chi connectivity index (χ0v) is 13.4. The number of nitrogens with zero attached hydrogens (tertiary/aromatic N) is 3. The number of benzene rings is 1. The lowest BCUT2D eigenvalue weighted by molar-refractivity contribution is 0.399. The molecule has 114 valence electrons. The summed E-state index contributed by atoms with van der Waals surface area (Å²) >= 11 is 1.56. The number of fused-ring (bicyclic) bond motifs is 1. The molecule has 6 heteroatoms. The normalized spacial score (nSPS) is 11.0. The molecule has 0 aliphatic heterocycles. The number of aryl methyl sites for hydroxylation is 1. The molecule has 0 amide bonds. The van der Waals surface area contributed by atoms with E-state index in [1.54, 1.807) is 18.4 Å². The van der Waals surface area contributed by atoms with Gasteiger partial charge in [0.15, 0.2) is 0 Å². The highest BCUT2D eigenvalue weighted by Crippen LogP contribution is 2.32. The number of rotatable bonds is 3. The summed E-state index contributed by atoms with van der Waals surface area (Å²) in [4.78, 5) is 9.95. The number of hydrogen-bond acceptors (Lipinski definition) is 6. The van der Waals surface area contributed by atoms with Gasteiger partial charge in [0.05, 0.1) is 23.1 Å². The fourth-order valence-corrected chi connectivity index (χ4v) is 3.07. The first-order chi connectivity index (χ1) is 11.2. The zero-order chi connectivity index (χ0) is 15.8. The fourth-order valence-electron chi connectivity index (χ4n) is 2.43. The summed E-state index contributed by atoms with van der Waals surface area (Å²) in [6, 6.07) is 12.0. The van der Waals surface area contributed by atoms with Crippen LogP contribution in [0.2, 0.25) is 0 Å². The smallest absolute Gasteiger partial charge is 0.268 e. The zero-order valence-electron chi connectivity index (χ0n) is 12.6. The molecule has 0 N–H and O–H groups in total. The van der Waals surface area contributed by atoms with Crippen molar-refractivity contribution in [2.24, 2.45) is 0 Å². The molecule has 0 saturated carbocycles. The molecule has 0 aliphatic carbocycles. The minimum absolute atomic E-state index is 0.473. The van der Waals surface area contributed by atoms with Crippen LogP contribution in [0.25, 0.3) is 33.1 Å². The van der Waals surface area contributed by atoms with Gasteiger partial charge < -0.3 is 9.26 Å². The van der Waals surface area contributed by atoms with Crippen LogP contribution in [0.5, 0.6) is 5.88 Å². The molecule has 0 bridgehead atoms. The molecule has 0 spiro atoms. The summed E-state index contributed by atoms with van der Waals surface area (Å²) in [5.74, 6) is 1.46. The largest absolute Gasteiger partial charge is 0.480 e. The van der Waals surface area contributed by atoms with E-state index in [9.17, 15) is 0 Å². The van der Waals surface area contributed by atoms with Crippen LogP contribution in [0.4, 0.5) is 0 Å². The third-order valence-electron chi connectivity index (χ3n) is 3.53. The van der Waals surface area contributed by atoms with Gasteiger partial charge in [-0.2, -0.15) is 4.98 Å². The van der Waals surface area contributed by atoms with E-state index in [2.05, 4.69) is 21.2 Å². The molecule has 0 saturated heterocycles. The summed E-state index contributed by atoms with van der Waals surface area (Å²) < 4.78 is 10.8. The standard InChI is InChI=1S/C17H13N3O2S/c1-10-5-6-13-11(8-10)9-12(16(18-13)21-2)15-19-17(22-20-15)14-4-3-7-23-14/h3-9H,1-2H3. The molecule has 4 aromatic rings. The molecular formula is C17H13N3O2S. The van der Waals surface area contributed by atoms with Crippen molar-refractivity contribution in [2.75, 3.05) is 7.11 Å². The van der Waals surface area contributed by atoms with Crippen LogP contribution < -0.4 is 4.74 Å². The van der Waals surface area contributed by atoms with Crippen LogP contribution in [-0.2, 0) is 0 Å². The van der Waals surface area contributed by atoms with Crippen molar-refractivity contribution in [1.82, 2.24) is 15.1 Å². The van der Waals surface area contributed by atoms with Crippen LogP contribution in [0.3, 0.4) is 0 Å². The van der Waals surface area contributed by atoms with Crippen LogP contribution in [0, 0.1) is 6.92 Å². The molecule has 0 radical (unpaired) electrons. The molecule has 3 heterocycles. The lowest BCUT2D eigenvalue weighted by Gasteiger charge is -2.07.